The van der Waals surface area contributed by atoms with E-state index in [1.807, 2.05) is 24.3 Å². The average Bonchev–Trinajstić information content (AvgIpc) is 2.86. The number of benzene rings is 1. The summed E-state index contributed by atoms with van der Waals surface area (Å²) < 4.78 is 11.1. The molecule has 3 nitrogen and oxygen atoms in total. The van der Waals surface area contributed by atoms with E-state index < -0.39 is 0 Å². The number of hydrogen-bond acceptors (Lipinski definition) is 3. The number of nitrogens with zero attached hydrogens (tertiary/aromatic N) is 1. The third-order valence-electron chi connectivity index (χ3n) is 2.52. The van der Waals surface area contributed by atoms with Gasteiger partial charge < -0.3 is 9.15 Å². The van der Waals surface area contributed by atoms with E-state index in [0.717, 1.165) is 36.4 Å². The first kappa shape index (κ1) is 8.00. The molecule has 3 rings (SSSR count). The van der Waals surface area contributed by atoms with Gasteiger partial charge in [0.1, 0.15) is 11.6 Å². The highest BCUT2D eigenvalue weighted by molar-refractivity contribution is 5.72. The summed E-state index contributed by atoms with van der Waals surface area (Å²) in [6.45, 7) is 0.823. The molecule has 1 aromatic heterocycles. The van der Waals surface area contributed by atoms with Gasteiger partial charge in [-0.2, -0.15) is 0 Å². The Labute approximate surface area is 81.7 Å². The van der Waals surface area contributed by atoms with Gasteiger partial charge in [-0.05, 0) is 25.0 Å². The van der Waals surface area contributed by atoms with E-state index >= 15 is 0 Å². The van der Waals surface area contributed by atoms with Crippen LogP contribution in [0.15, 0.2) is 28.7 Å². The van der Waals surface area contributed by atoms with E-state index in [-0.39, 0.29) is 6.10 Å². The zero-order valence-electron chi connectivity index (χ0n) is 7.77. The zero-order valence-corrected chi connectivity index (χ0v) is 7.77. The fourth-order valence-electron chi connectivity index (χ4n) is 1.80. The predicted molar refractivity (Wildman–Crippen MR) is 51.9 cm³/mol. The van der Waals surface area contributed by atoms with Crippen LogP contribution in [0.1, 0.15) is 24.8 Å². The minimum Gasteiger partial charge on any atom is -0.438 e. The van der Waals surface area contributed by atoms with Crippen molar-refractivity contribution in [2.24, 2.45) is 0 Å². The average molecular weight is 189 g/mol. The SMILES string of the molecule is c1ccc2oc([C@H]3CCCO3)nc2c1. The van der Waals surface area contributed by atoms with E-state index in [4.69, 9.17) is 9.15 Å². The van der Waals surface area contributed by atoms with Crippen molar-refractivity contribution >= 4 is 11.1 Å². The first-order valence-electron chi connectivity index (χ1n) is 4.90. The van der Waals surface area contributed by atoms with Crippen molar-refractivity contribution in [2.45, 2.75) is 18.9 Å². The van der Waals surface area contributed by atoms with Crippen molar-refractivity contribution in [1.82, 2.24) is 4.98 Å². The van der Waals surface area contributed by atoms with Crippen LogP contribution in [0.25, 0.3) is 11.1 Å². The summed E-state index contributed by atoms with van der Waals surface area (Å²) in [6, 6.07) is 7.80. The highest BCUT2D eigenvalue weighted by Crippen LogP contribution is 2.29. The van der Waals surface area contributed by atoms with E-state index in [0.29, 0.717) is 0 Å². The van der Waals surface area contributed by atoms with Gasteiger partial charge >= 0.3 is 0 Å². The fraction of sp³-hybridized carbons (Fsp3) is 0.364. The number of fused-ring (bicyclic) bond motifs is 1. The standard InChI is InChI=1S/C11H11NO2/c1-2-5-9-8(4-1)12-11(14-9)10-6-3-7-13-10/h1-2,4-5,10H,3,6-7H2/t10-/m1/s1. The molecule has 0 aliphatic carbocycles. The van der Waals surface area contributed by atoms with Crippen molar-refractivity contribution in [3.63, 3.8) is 0 Å². The van der Waals surface area contributed by atoms with Crippen LogP contribution in [0.2, 0.25) is 0 Å². The van der Waals surface area contributed by atoms with Crippen molar-refractivity contribution in [3.05, 3.63) is 30.2 Å². The number of hydrogen-bond donors (Lipinski definition) is 0. The maximum Gasteiger partial charge on any atom is 0.224 e. The molecule has 1 aliphatic heterocycles. The normalized spacial score (nSPS) is 21.9. The van der Waals surface area contributed by atoms with Crippen molar-refractivity contribution in [2.75, 3.05) is 6.61 Å². The lowest BCUT2D eigenvalue weighted by Gasteiger charge is -2.01. The predicted octanol–water partition coefficient (Wildman–Crippen LogP) is 2.68. The second-order valence-corrected chi connectivity index (χ2v) is 3.52. The summed E-state index contributed by atoms with van der Waals surface area (Å²) in [7, 11) is 0. The molecule has 3 heteroatoms. The minimum atomic E-state index is 0.0717. The van der Waals surface area contributed by atoms with Crippen LogP contribution in [0.5, 0.6) is 0 Å². The van der Waals surface area contributed by atoms with Crippen molar-refractivity contribution < 1.29 is 9.15 Å². The van der Waals surface area contributed by atoms with Crippen molar-refractivity contribution in [1.29, 1.82) is 0 Å². The van der Waals surface area contributed by atoms with Crippen LogP contribution >= 0.6 is 0 Å². The first-order chi connectivity index (χ1) is 6.93. The number of para-hydroxylation sites is 2. The van der Waals surface area contributed by atoms with Crippen LogP contribution in [-0.4, -0.2) is 11.6 Å². The van der Waals surface area contributed by atoms with Gasteiger partial charge in [0.15, 0.2) is 5.58 Å². The highest BCUT2D eigenvalue weighted by Gasteiger charge is 2.22. The molecule has 0 unspecified atom stereocenters. The molecule has 0 radical (unpaired) electrons. The van der Waals surface area contributed by atoms with Crippen LogP contribution in [0.4, 0.5) is 0 Å². The Morgan fingerprint density at radius 1 is 1.29 bits per heavy atom. The molecule has 2 aromatic rings. The Bertz CT molecular complexity index is 410. The van der Waals surface area contributed by atoms with Gasteiger partial charge in [-0.1, -0.05) is 12.1 Å². The highest BCUT2D eigenvalue weighted by atomic mass is 16.5. The third-order valence-corrected chi connectivity index (χ3v) is 2.52. The maximum atomic E-state index is 5.62. The summed E-state index contributed by atoms with van der Waals surface area (Å²) in [5.74, 6) is 0.726. The van der Waals surface area contributed by atoms with Crippen LogP contribution in [-0.2, 0) is 4.74 Å². The molecule has 0 amide bonds. The summed E-state index contributed by atoms with van der Waals surface area (Å²) in [5.41, 5.74) is 1.76. The number of rotatable bonds is 1. The molecule has 2 heterocycles. The Morgan fingerprint density at radius 3 is 3.00 bits per heavy atom. The second-order valence-electron chi connectivity index (χ2n) is 3.52. The largest absolute Gasteiger partial charge is 0.438 e. The molecule has 0 saturated carbocycles. The fourth-order valence-corrected chi connectivity index (χ4v) is 1.80. The monoisotopic (exact) mass is 189 g/mol. The van der Waals surface area contributed by atoms with Gasteiger partial charge in [-0.25, -0.2) is 4.98 Å². The van der Waals surface area contributed by atoms with Gasteiger partial charge in [-0.15, -0.1) is 0 Å². The van der Waals surface area contributed by atoms with E-state index in [1.54, 1.807) is 0 Å². The van der Waals surface area contributed by atoms with Crippen LogP contribution in [0.3, 0.4) is 0 Å². The van der Waals surface area contributed by atoms with Gasteiger partial charge in [-0.3, -0.25) is 0 Å². The summed E-state index contributed by atoms with van der Waals surface area (Å²) >= 11 is 0. The molecule has 14 heavy (non-hydrogen) atoms. The lowest BCUT2D eigenvalue weighted by atomic mass is 10.2. The molecule has 1 saturated heterocycles. The molecule has 0 spiro atoms. The molecule has 1 atom stereocenters. The topological polar surface area (TPSA) is 35.3 Å². The number of oxazole rings is 1. The summed E-state index contributed by atoms with van der Waals surface area (Å²) in [5, 5.41) is 0. The molecule has 1 aromatic carbocycles. The lowest BCUT2D eigenvalue weighted by molar-refractivity contribution is 0.0907. The number of aromatic nitrogens is 1. The Hall–Kier alpha value is -1.35. The number of ether oxygens (including phenoxy) is 1. The van der Waals surface area contributed by atoms with Crippen molar-refractivity contribution in [3.8, 4) is 0 Å². The molecular weight excluding hydrogens is 178 g/mol. The van der Waals surface area contributed by atoms with Crippen LogP contribution in [0, 0.1) is 0 Å². The first-order valence-corrected chi connectivity index (χ1v) is 4.90. The summed E-state index contributed by atoms with van der Waals surface area (Å²) in [6.07, 6.45) is 2.19. The van der Waals surface area contributed by atoms with E-state index in [1.165, 1.54) is 0 Å². The Kier molecular flexibility index (Phi) is 1.77. The molecule has 1 aliphatic rings. The van der Waals surface area contributed by atoms with Gasteiger partial charge in [0, 0.05) is 6.61 Å². The molecule has 1 fully saturated rings. The van der Waals surface area contributed by atoms with E-state index in [9.17, 15) is 0 Å². The van der Waals surface area contributed by atoms with Gasteiger partial charge in [0.2, 0.25) is 5.89 Å². The molecule has 0 bridgehead atoms. The van der Waals surface area contributed by atoms with E-state index in [2.05, 4.69) is 4.98 Å². The second kappa shape index (κ2) is 3.10. The van der Waals surface area contributed by atoms with Gasteiger partial charge in [0.25, 0.3) is 0 Å². The zero-order chi connectivity index (χ0) is 9.38. The summed E-state index contributed by atoms with van der Waals surface area (Å²) in [4.78, 5) is 4.40. The Morgan fingerprint density at radius 2 is 2.21 bits per heavy atom. The molecular formula is C11H11NO2. The third kappa shape index (κ3) is 1.21. The quantitative estimate of drug-likeness (QED) is 0.691. The Balaban J connectivity index is 2.05. The van der Waals surface area contributed by atoms with Gasteiger partial charge in [0.05, 0.1) is 0 Å². The lowest BCUT2D eigenvalue weighted by Crippen LogP contribution is -1.94. The van der Waals surface area contributed by atoms with Crippen LogP contribution < -0.4 is 0 Å². The smallest absolute Gasteiger partial charge is 0.224 e. The maximum absolute atomic E-state index is 5.62. The molecule has 0 N–H and O–H groups in total. The molecule has 72 valence electrons. The minimum absolute atomic E-state index is 0.0717.